The van der Waals surface area contributed by atoms with E-state index in [1.54, 1.807) is 5.57 Å². The SMILES string of the molecule is CC1(C)CC[C@]2(/C=C/[N+](=O)[O-])CC[C@]3(C)C(=CC[C@@H]4[C@@]5(C)CCC(=O)C(C)(C)[C@@H]5CC[C@]43C)[C@@H]2C1. The van der Waals surface area contributed by atoms with Crippen molar-refractivity contribution in [1.29, 1.82) is 0 Å². The third kappa shape index (κ3) is 3.33. The molecule has 0 saturated heterocycles. The van der Waals surface area contributed by atoms with E-state index in [1.165, 1.54) is 12.6 Å². The fourth-order valence-electron chi connectivity index (χ4n) is 10.6. The lowest BCUT2D eigenvalue weighted by Gasteiger charge is -2.70. The Morgan fingerprint density at radius 2 is 1.63 bits per heavy atom. The highest BCUT2D eigenvalue weighted by Gasteiger charge is 2.68. The number of allylic oxidation sites excluding steroid dienone is 3. The zero-order valence-corrected chi connectivity index (χ0v) is 23.2. The molecular weight excluding hydrogens is 434 g/mol. The predicted octanol–water partition coefficient (Wildman–Crippen LogP) is 8.15. The summed E-state index contributed by atoms with van der Waals surface area (Å²) in [4.78, 5) is 24.0. The molecule has 4 heteroatoms. The predicted molar refractivity (Wildman–Crippen MR) is 140 cm³/mol. The number of carbonyl (C=O) groups is 1. The molecule has 5 aliphatic carbocycles. The fourth-order valence-corrected chi connectivity index (χ4v) is 10.6. The van der Waals surface area contributed by atoms with Crippen molar-refractivity contribution in [3.63, 3.8) is 0 Å². The minimum atomic E-state index is -0.264. The summed E-state index contributed by atoms with van der Waals surface area (Å²) in [5.74, 6) is 1.92. The van der Waals surface area contributed by atoms with E-state index in [1.807, 2.05) is 6.08 Å². The van der Waals surface area contributed by atoms with Gasteiger partial charge >= 0.3 is 0 Å². The van der Waals surface area contributed by atoms with Crippen LogP contribution in [0.1, 0.15) is 113 Å². The van der Waals surface area contributed by atoms with Gasteiger partial charge in [-0.2, -0.15) is 0 Å². The van der Waals surface area contributed by atoms with E-state index in [0.717, 1.165) is 57.8 Å². The van der Waals surface area contributed by atoms with Crippen molar-refractivity contribution in [3.8, 4) is 0 Å². The van der Waals surface area contributed by atoms with Crippen LogP contribution < -0.4 is 0 Å². The van der Waals surface area contributed by atoms with Crippen LogP contribution in [0.25, 0.3) is 0 Å². The lowest BCUT2D eigenvalue weighted by molar-refractivity contribution is -0.403. The molecule has 4 fully saturated rings. The first-order valence-electron chi connectivity index (χ1n) is 14.2. The maximum absolute atomic E-state index is 12.9. The van der Waals surface area contributed by atoms with Gasteiger partial charge in [0, 0.05) is 17.3 Å². The number of nitro groups is 1. The zero-order chi connectivity index (χ0) is 25.7. The van der Waals surface area contributed by atoms with Gasteiger partial charge in [0.25, 0.3) is 0 Å². The normalized spacial score (nSPS) is 48.3. The molecule has 0 radical (unpaired) electrons. The van der Waals surface area contributed by atoms with Crippen LogP contribution in [0.2, 0.25) is 0 Å². The van der Waals surface area contributed by atoms with Gasteiger partial charge in [-0.1, -0.05) is 60.1 Å². The highest BCUT2D eigenvalue weighted by atomic mass is 16.6. The number of Topliss-reactive ketones (excluding diaryl/α,β-unsaturated/α-hetero) is 1. The second-order valence-corrected chi connectivity index (χ2v) is 15.2. The van der Waals surface area contributed by atoms with E-state index in [0.29, 0.717) is 23.5 Å². The van der Waals surface area contributed by atoms with Gasteiger partial charge < -0.3 is 0 Å². The molecular formula is C31H47NO3. The van der Waals surface area contributed by atoms with Gasteiger partial charge in [0.05, 0.1) is 4.92 Å². The Morgan fingerprint density at radius 1 is 0.943 bits per heavy atom. The second-order valence-electron chi connectivity index (χ2n) is 15.2. The summed E-state index contributed by atoms with van der Waals surface area (Å²) < 4.78 is 0. The standard InChI is InChI=1S/C31H47NO3/c1-26(2)14-16-31(18-19-32(34)35)17-15-29(6)21(22(31)20-26)8-9-24-28(5)12-11-25(33)27(3,4)23(28)10-13-30(24,29)7/h8,18-19,22-24H,9-17,20H2,1-7H3/b19-18+/t22-,23-,24+,28-,29+,30+,31+/m0/s1. The fraction of sp³-hybridized carbons (Fsp3) is 0.839. The summed E-state index contributed by atoms with van der Waals surface area (Å²) in [5.41, 5.74) is 2.13. The molecule has 5 aliphatic rings. The van der Waals surface area contributed by atoms with Crippen LogP contribution in [0.3, 0.4) is 0 Å². The molecule has 4 nitrogen and oxygen atoms in total. The highest BCUT2D eigenvalue weighted by molar-refractivity contribution is 5.85. The number of rotatable bonds is 2. The monoisotopic (exact) mass is 481 g/mol. The van der Waals surface area contributed by atoms with E-state index in [2.05, 4.69) is 54.5 Å². The van der Waals surface area contributed by atoms with E-state index in [4.69, 9.17) is 0 Å². The van der Waals surface area contributed by atoms with Crippen molar-refractivity contribution >= 4 is 5.78 Å². The molecule has 0 bridgehead atoms. The lowest BCUT2D eigenvalue weighted by atomic mass is 9.33. The van der Waals surface area contributed by atoms with Gasteiger partial charge in [-0.05, 0) is 103 Å². The third-order valence-electron chi connectivity index (χ3n) is 13.0. The minimum Gasteiger partial charge on any atom is -0.299 e. The van der Waals surface area contributed by atoms with Crippen molar-refractivity contribution in [2.75, 3.05) is 0 Å². The molecule has 0 spiro atoms. The summed E-state index contributed by atoms with van der Waals surface area (Å²) in [5, 5.41) is 11.4. The summed E-state index contributed by atoms with van der Waals surface area (Å²) in [6.07, 6.45) is 16.5. The molecule has 194 valence electrons. The molecule has 0 aromatic heterocycles. The molecule has 7 atom stereocenters. The minimum absolute atomic E-state index is 0.0719. The maximum atomic E-state index is 12.9. The largest absolute Gasteiger partial charge is 0.299 e. The lowest BCUT2D eigenvalue weighted by Crippen LogP contribution is -2.64. The first kappa shape index (κ1) is 25.2. The van der Waals surface area contributed by atoms with Crippen LogP contribution in [0.4, 0.5) is 0 Å². The Morgan fingerprint density at radius 3 is 2.31 bits per heavy atom. The van der Waals surface area contributed by atoms with Crippen LogP contribution in [0, 0.1) is 60.4 Å². The van der Waals surface area contributed by atoms with Crippen LogP contribution in [-0.4, -0.2) is 10.7 Å². The van der Waals surface area contributed by atoms with Gasteiger partial charge in [-0.25, -0.2) is 0 Å². The van der Waals surface area contributed by atoms with Gasteiger partial charge in [0.2, 0.25) is 6.20 Å². The average Bonchev–Trinajstić information content (AvgIpc) is 2.76. The molecule has 0 heterocycles. The highest BCUT2D eigenvalue weighted by Crippen LogP contribution is 2.75. The first-order chi connectivity index (χ1) is 16.1. The van der Waals surface area contributed by atoms with Crippen LogP contribution in [0.15, 0.2) is 23.9 Å². The van der Waals surface area contributed by atoms with Gasteiger partial charge in [0.1, 0.15) is 5.78 Å². The van der Waals surface area contributed by atoms with E-state index >= 15 is 0 Å². The summed E-state index contributed by atoms with van der Waals surface area (Å²) in [7, 11) is 0. The Bertz CT molecular complexity index is 1010. The number of hydrogen-bond acceptors (Lipinski definition) is 3. The first-order valence-corrected chi connectivity index (χ1v) is 14.2. The molecule has 5 rings (SSSR count). The molecule has 35 heavy (non-hydrogen) atoms. The Kier molecular flexibility index (Phi) is 5.43. The number of ketones is 1. The third-order valence-corrected chi connectivity index (χ3v) is 13.0. The quantitative estimate of drug-likeness (QED) is 0.227. The van der Waals surface area contributed by atoms with Crippen molar-refractivity contribution in [2.45, 2.75) is 113 Å². The molecule has 0 unspecified atom stereocenters. The molecule has 0 aromatic carbocycles. The molecule has 4 saturated carbocycles. The Hall–Kier alpha value is -1.45. The molecule has 0 aliphatic heterocycles. The molecule has 0 N–H and O–H groups in total. The smallest absolute Gasteiger partial charge is 0.231 e. The van der Waals surface area contributed by atoms with Gasteiger partial charge in [-0.3, -0.25) is 14.9 Å². The van der Waals surface area contributed by atoms with E-state index in [-0.39, 0.29) is 37.4 Å². The van der Waals surface area contributed by atoms with E-state index < -0.39 is 0 Å². The maximum Gasteiger partial charge on any atom is 0.231 e. The topological polar surface area (TPSA) is 60.2 Å². The number of nitrogens with zero attached hydrogens (tertiary/aromatic N) is 1. The Labute approximate surface area is 212 Å². The molecule has 0 amide bonds. The van der Waals surface area contributed by atoms with E-state index in [9.17, 15) is 14.9 Å². The van der Waals surface area contributed by atoms with Gasteiger partial charge in [0.15, 0.2) is 0 Å². The van der Waals surface area contributed by atoms with Crippen molar-refractivity contribution < 1.29 is 9.72 Å². The van der Waals surface area contributed by atoms with Gasteiger partial charge in [-0.15, -0.1) is 0 Å². The number of fused-ring (bicyclic) bond motifs is 7. The summed E-state index contributed by atoms with van der Waals surface area (Å²) >= 11 is 0. The molecule has 0 aromatic rings. The summed E-state index contributed by atoms with van der Waals surface area (Å²) in [6.45, 7) is 16.9. The Balaban J connectivity index is 1.59. The van der Waals surface area contributed by atoms with Crippen LogP contribution in [0.5, 0.6) is 0 Å². The number of hydrogen-bond donors (Lipinski definition) is 0. The zero-order valence-electron chi connectivity index (χ0n) is 23.2. The summed E-state index contributed by atoms with van der Waals surface area (Å²) in [6, 6.07) is 0. The second kappa shape index (κ2) is 7.54. The van der Waals surface area contributed by atoms with Crippen molar-refractivity contribution in [2.24, 2.45) is 50.2 Å². The van der Waals surface area contributed by atoms with Crippen LogP contribution >= 0.6 is 0 Å². The van der Waals surface area contributed by atoms with Crippen molar-refractivity contribution in [1.82, 2.24) is 0 Å². The van der Waals surface area contributed by atoms with Crippen molar-refractivity contribution in [3.05, 3.63) is 34.0 Å². The van der Waals surface area contributed by atoms with Crippen LogP contribution in [-0.2, 0) is 4.79 Å². The number of carbonyl (C=O) groups excluding carboxylic acids is 1. The average molecular weight is 482 g/mol.